The lowest BCUT2D eigenvalue weighted by Gasteiger charge is -2.41. The van der Waals surface area contributed by atoms with Crippen LogP contribution < -0.4 is 20.9 Å². The number of fused-ring (bicyclic) bond motifs is 1. The smallest absolute Gasteiger partial charge is 0.328 e. The molecule has 4 aliphatic heterocycles. The summed E-state index contributed by atoms with van der Waals surface area (Å²) < 4.78 is 18.5. The van der Waals surface area contributed by atoms with Gasteiger partial charge in [0.05, 0.1) is 16.9 Å². The lowest BCUT2D eigenvalue weighted by Crippen LogP contribution is -2.50. The third-order valence-electron chi connectivity index (χ3n) is 13.2. The van der Waals surface area contributed by atoms with Crippen LogP contribution in [0.2, 0.25) is 0 Å². The lowest BCUT2D eigenvalue weighted by atomic mass is 9.87. The number of aromatic hydroxyl groups is 1. The van der Waals surface area contributed by atoms with E-state index in [2.05, 4.69) is 42.1 Å². The van der Waals surface area contributed by atoms with E-state index < -0.39 is 5.67 Å². The quantitative estimate of drug-likeness (QED) is 0.158. The van der Waals surface area contributed by atoms with E-state index in [1.54, 1.807) is 21.9 Å². The minimum Gasteiger partial charge on any atom is -0.507 e. The summed E-state index contributed by atoms with van der Waals surface area (Å²) in [5, 5.41) is 22.4. The highest BCUT2D eigenvalue weighted by Gasteiger charge is 2.39. The fraction of sp³-hybridized carbons (Fsp3) is 0.413. The molecular formula is C46H52FN9O4. The molecule has 4 fully saturated rings. The standard InChI is InChI=1S/C46H52FN9O4/c1-52-28-37(35-13-12-34(25-39(35)52)56-22-16-42(58)49-45(56)60)31-14-20-53(21-15-31)29-46(47)17-23-54(24-18-46)44(59)32-10-8-30(9-11-32)33-5-4-19-55(27-33)40-26-38(50-51-43(40)48)36-6-2-3-7-41(36)57/h2-3,6-13,25-26,28,31,33,57H,4-5,14-24,27,29H2,1H3,(H2,48,51)(H,49,58,60)/t33-/m0/s1. The number of aromatic nitrogens is 3. The number of phenolic OH excluding ortho intramolecular Hbond substituents is 1. The molecule has 2 aromatic heterocycles. The highest BCUT2D eigenvalue weighted by atomic mass is 19.1. The van der Waals surface area contributed by atoms with Gasteiger partial charge in [0, 0.05) is 99.9 Å². The number of amides is 4. The Morgan fingerprint density at radius 1 is 0.917 bits per heavy atom. The predicted octanol–water partition coefficient (Wildman–Crippen LogP) is 6.58. The molecule has 4 amide bonds. The Hall–Kier alpha value is -6.02. The van der Waals surface area contributed by atoms with Crippen molar-refractivity contribution in [2.45, 2.75) is 62.5 Å². The number of alkyl halides is 1. The van der Waals surface area contributed by atoms with Gasteiger partial charge in [0.25, 0.3) is 5.91 Å². The summed E-state index contributed by atoms with van der Waals surface area (Å²) in [5.74, 6) is 0.771. The van der Waals surface area contributed by atoms with Gasteiger partial charge < -0.3 is 30.1 Å². The number of halogens is 1. The van der Waals surface area contributed by atoms with E-state index in [1.165, 1.54) is 5.56 Å². The molecule has 4 aliphatic rings. The molecule has 4 saturated heterocycles. The summed E-state index contributed by atoms with van der Waals surface area (Å²) in [6.07, 6.45) is 6.95. The zero-order valence-corrected chi connectivity index (χ0v) is 34.0. The van der Waals surface area contributed by atoms with Crippen LogP contribution in [-0.4, -0.2) is 106 Å². The molecule has 3 aromatic carbocycles. The van der Waals surface area contributed by atoms with Crippen molar-refractivity contribution in [1.29, 1.82) is 0 Å². The fourth-order valence-electron chi connectivity index (χ4n) is 9.79. The van der Waals surface area contributed by atoms with Crippen LogP contribution in [-0.2, 0) is 11.8 Å². The highest BCUT2D eigenvalue weighted by molar-refractivity contribution is 6.06. The first kappa shape index (κ1) is 39.4. The average Bonchev–Trinajstić information content (AvgIpc) is 3.59. The first-order valence-corrected chi connectivity index (χ1v) is 21.2. The number of likely N-dealkylation sites (tertiary alicyclic amines) is 2. The van der Waals surface area contributed by atoms with Gasteiger partial charge in [-0.1, -0.05) is 30.3 Å². The van der Waals surface area contributed by atoms with Gasteiger partial charge in [0.1, 0.15) is 11.4 Å². The molecule has 13 nitrogen and oxygen atoms in total. The highest BCUT2D eigenvalue weighted by Crippen LogP contribution is 2.39. The minimum atomic E-state index is -1.34. The van der Waals surface area contributed by atoms with Crippen molar-refractivity contribution in [3.8, 4) is 17.0 Å². The monoisotopic (exact) mass is 813 g/mol. The van der Waals surface area contributed by atoms with Crippen LogP contribution >= 0.6 is 0 Å². The van der Waals surface area contributed by atoms with E-state index in [0.717, 1.165) is 79.7 Å². The largest absolute Gasteiger partial charge is 0.507 e. The number of nitrogens with zero attached hydrogens (tertiary/aromatic N) is 7. The molecule has 14 heteroatoms. The summed E-state index contributed by atoms with van der Waals surface area (Å²) in [5.41, 5.74) is 11.8. The second-order valence-corrected chi connectivity index (χ2v) is 17.1. The Morgan fingerprint density at radius 2 is 1.68 bits per heavy atom. The number of nitrogens with one attached hydrogen (secondary N) is 1. The number of rotatable bonds is 8. The lowest BCUT2D eigenvalue weighted by molar-refractivity contribution is -0.120. The van der Waals surface area contributed by atoms with Gasteiger partial charge in [0.15, 0.2) is 5.82 Å². The number of imide groups is 1. The van der Waals surface area contributed by atoms with Crippen LogP contribution in [0.1, 0.15) is 78.3 Å². The van der Waals surface area contributed by atoms with Gasteiger partial charge in [-0.05, 0) is 98.3 Å². The maximum atomic E-state index is 16.4. The summed E-state index contributed by atoms with van der Waals surface area (Å²) in [6, 6.07) is 22.5. The third-order valence-corrected chi connectivity index (χ3v) is 13.2. The van der Waals surface area contributed by atoms with Gasteiger partial charge in [-0.15, -0.1) is 10.2 Å². The van der Waals surface area contributed by atoms with Crippen LogP contribution in [0.3, 0.4) is 0 Å². The number of carbonyl (C=O) groups excluding carboxylic acids is 3. The van der Waals surface area contributed by atoms with Gasteiger partial charge >= 0.3 is 6.03 Å². The first-order valence-electron chi connectivity index (χ1n) is 21.2. The molecule has 1 atom stereocenters. The molecule has 60 heavy (non-hydrogen) atoms. The van der Waals surface area contributed by atoms with Crippen molar-refractivity contribution >= 4 is 45.9 Å². The average molecular weight is 814 g/mol. The molecule has 0 unspecified atom stereocenters. The number of nitrogens with two attached hydrogens (primary N) is 1. The third kappa shape index (κ3) is 7.87. The Kier molecular flexibility index (Phi) is 10.7. The second-order valence-electron chi connectivity index (χ2n) is 17.1. The normalized spacial score (nSPS) is 20.4. The van der Waals surface area contributed by atoms with Crippen molar-refractivity contribution in [1.82, 2.24) is 29.9 Å². The molecule has 0 radical (unpaired) electrons. The topological polar surface area (TPSA) is 153 Å². The summed E-state index contributed by atoms with van der Waals surface area (Å²) in [6.45, 7) is 4.72. The number of piperidine rings is 3. The maximum absolute atomic E-state index is 16.4. The van der Waals surface area contributed by atoms with Crippen molar-refractivity contribution in [3.05, 3.63) is 95.7 Å². The SMILES string of the molecule is Cn1cc(C2CCN(CC3(F)CCN(C(=O)c4ccc([C@H]5CCCN(c6cc(-c7ccccc7O)nnc6N)C5)cc4)CC3)CC2)c2ccc(N3CCC(=O)NC3=O)cc21. The Labute approximate surface area is 348 Å². The number of urea groups is 1. The van der Waals surface area contributed by atoms with Crippen LogP contribution in [0.4, 0.5) is 26.4 Å². The number of anilines is 3. The van der Waals surface area contributed by atoms with Gasteiger partial charge in [0.2, 0.25) is 5.91 Å². The number of carbonyl (C=O) groups is 3. The number of phenols is 1. The predicted molar refractivity (Wildman–Crippen MR) is 230 cm³/mol. The molecule has 0 saturated carbocycles. The van der Waals surface area contributed by atoms with E-state index in [9.17, 15) is 19.5 Å². The maximum Gasteiger partial charge on any atom is 0.328 e. The Balaban J connectivity index is 0.768. The number of benzene rings is 3. The molecule has 9 rings (SSSR count). The number of aryl methyl sites for hydroxylation is 1. The van der Waals surface area contributed by atoms with Crippen molar-refractivity contribution in [3.63, 3.8) is 0 Å². The number of para-hydroxylation sites is 1. The molecule has 0 bridgehead atoms. The summed E-state index contributed by atoms with van der Waals surface area (Å²) in [7, 11) is 2.02. The van der Waals surface area contributed by atoms with Crippen LogP contribution in [0.25, 0.3) is 22.2 Å². The van der Waals surface area contributed by atoms with E-state index in [0.29, 0.717) is 67.6 Å². The summed E-state index contributed by atoms with van der Waals surface area (Å²) >= 11 is 0. The van der Waals surface area contributed by atoms with Gasteiger partial charge in [-0.2, -0.15) is 0 Å². The number of hydrogen-bond donors (Lipinski definition) is 3. The Morgan fingerprint density at radius 3 is 2.43 bits per heavy atom. The van der Waals surface area contributed by atoms with Gasteiger partial charge in [-0.3, -0.25) is 19.8 Å². The number of nitrogen functional groups attached to an aromatic ring is 1. The number of hydrogen-bond acceptors (Lipinski definition) is 9. The fourth-order valence-corrected chi connectivity index (χ4v) is 9.79. The van der Waals surface area contributed by atoms with Crippen molar-refractivity contribution in [2.24, 2.45) is 7.05 Å². The molecule has 5 aromatic rings. The summed E-state index contributed by atoms with van der Waals surface area (Å²) in [4.78, 5) is 45.6. The van der Waals surface area contributed by atoms with Crippen LogP contribution in [0, 0.1) is 0 Å². The van der Waals surface area contributed by atoms with E-state index in [-0.39, 0.29) is 35.9 Å². The molecule has 0 spiro atoms. The van der Waals surface area contributed by atoms with Crippen LogP contribution in [0.15, 0.2) is 79.0 Å². The van der Waals surface area contributed by atoms with Crippen molar-refractivity contribution in [2.75, 3.05) is 67.9 Å². The zero-order chi connectivity index (χ0) is 41.5. The zero-order valence-electron chi connectivity index (χ0n) is 34.0. The molecule has 0 aliphatic carbocycles. The minimum absolute atomic E-state index is 0.0569. The Bertz CT molecular complexity index is 2420. The van der Waals surface area contributed by atoms with E-state index in [1.807, 2.05) is 61.6 Å². The van der Waals surface area contributed by atoms with E-state index in [4.69, 9.17) is 5.73 Å². The molecule has 6 heterocycles. The van der Waals surface area contributed by atoms with E-state index >= 15 is 4.39 Å². The molecule has 312 valence electrons. The van der Waals surface area contributed by atoms with Crippen molar-refractivity contribution < 1.29 is 23.9 Å². The van der Waals surface area contributed by atoms with Gasteiger partial charge in [-0.25, -0.2) is 9.18 Å². The second kappa shape index (κ2) is 16.2. The molecular weight excluding hydrogens is 762 g/mol. The first-order chi connectivity index (χ1) is 29.0. The molecule has 4 N–H and O–H groups in total. The van der Waals surface area contributed by atoms with Crippen LogP contribution in [0.5, 0.6) is 5.75 Å².